The number of pyridine rings is 2. The Balaban J connectivity index is 1.60. The lowest BCUT2D eigenvalue weighted by Gasteiger charge is -2.29. The number of aryl methyl sites for hydroxylation is 3. The Morgan fingerprint density at radius 3 is 2.76 bits per heavy atom. The van der Waals surface area contributed by atoms with Crippen LogP contribution in [0.4, 0.5) is 0 Å². The first kappa shape index (κ1) is 23.9. The SMILES string of the molecule is CCCc1ccc(=O)n(Cc2c(-c3ccc(C4CCCC(CC(=O)O)C4)c(C)n3)nnn2C)c1. The van der Waals surface area contributed by atoms with E-state index in [2.05, 4.69) is 23.3 Å². The van der Waals surface area contributed by atoms with Crippen molar-refractivity contribution in [2.75, 3.05) is 0 Å². The van der Waals surface area contributed by atoms with Crippen LogP contribution in [0, 0.1) is 12.8 Å². The second-order valence-corrected chi connectivity index (χ2v) is 9.46. The van der Waals surface area contributed by atoms with Gasteiger partial charge in [-0.05, 0) is 61.6 Å². The summed E-state index contributed by atoms with van der Waals surface area (Å²) in [5.74, 6) is -0.157. The Morgan fingerprint density at radius 1 is 1.21 bits per heavy atom. The molecule has 1 fully saturated rings. The molecule has 3 aromatic rings. The van der Waals surface area contributed by atoms with Crippen molar-refractivity contribution >= 4 is 5.97 Å². The van der Waals surface area contributed by atoms with E-state index in [9.17, 15) is 14.7 Å². The van der Waals surface area contributed by atoms with E-state index < -0.39 is 5.97 Å². The topological polar surface area (TPSA) is 103 Å². The molecular weight excluding hydrogens is 430 g/mol. The summed E-state index contributed by atoms with van der Waals surface area (Å²) in [4.78, 5) is 28.5. The Bertz CT molecular complexity index is 1230. The average Bonchev–Trinajstić information content (AvgIpc) is 3.16. The van der Waals surface area contributed by atoms with Gasteiger partial charge in [-0.25, -0.2) is 4.68 Å². The predicted molar refractivity (Wildman–Crippen MR) is 130 cm³/mol. The van der Waals surface area contributed by atoms with Gasteiger partial charge in [-0.1, -0.05) is 37.1 Å². The highest BCUT2D eigenvalue weighted by Gasteiger charge is 2.26. The van der Waals surface area contributed by atoms with Gasteiger partial charge in [-0.3, -0.25) is 14.6 Å². The minimum atomic E-state index is -0.717. The minimum absolute atomic E-state index is 0.0558. The van der Waals surface area contributed by atoms with Gasteiger partial charge in [0.15, 0.2) is 0 Å². The summed E-state index contributed by atoms with van der Waals surface area (Å²) in [7, 11) is 1.83. The molecule has 8 heteroatoms. The Kier molecular flexibility index (Phi) is 7.24. The molecule has 3 heterocycles. The van der Waals surface area contributed by atoms with E-state index in [0.29, 0.717) is 18.2 Å². The first-order valence-corrected chi connectivity index (χ1v) is 12.1. The van der Waals surface area contributed by atoms with Crippen molar-refractivity contribution in [1.82, 2.24) is 24.5 Å². The maximum Gasteiger partial charge on any atom is 0.303 e. The molecule has 0 aromatic carbocycles. The van der Waals surface area contributed by atoms with E-state index in [-0.39, 0.29) is 17.9 Å². The molecule has 2 unspecified atom stereocenters. The molecule has 0 amide bonds. The van der Waals surface area contributed by atoms with E-state index >= 15 is 0 Å². The maximum atomic E-state index is 12.5. The number of nitrogens with zero attached hydrogens (tertiary/aromatic N) is 5. The van der Waals surface area contributed by atoms with Crippen molar-refractivity contribution in [2.24, 2.45) is 13.0 Å². The molecule has 0 bridgehead atoms. The van der Waals surface area contributed by atoms with E-state index in [4.69, 9.17) is 4.98 Å². The Hall–Kier alpha value is -3.29. The van der Waals surface area contributed by atoms with Crippen LogP contribution in [0.1, 0.15) is 73.9 Å². The standard InChI is InChI=1S/C26H33N5O3/c1-4-6-18-9-12-24(32)31(15-18)16-23-26(28-29-30(23)3)22-11-10-21(17(2)27-22)20-8-5-7-19(13-20)14-25(33)34/h9-12,15,19-20H,4-8,13-14,16H2,1-3H3,(H,33,34). The van der Waals surface area contributed by atoms with Crippen molar-refractivity contribution in [2.45, 2.75) is 71.3 Å². The number of hydrogen-bond donors (Lipinski definition) is 1. The molecule has 34 heavy (non-hydrogen) atoms. The fraction of sp³-hybridized carbons (Fsp3) is 0.500. The van der Waals surface area contributed by atoms with Crippen LogP contribution in [-0.2, 0) is 24.8 Å². The van der Waals surface area contributed by atoms with Crippen LogP contribution in [0.2, 0.25) is 0 Å². The molecule has 1 aliphatic rings. The molecule has 0 spiro atoms. The molecular formula is C26H33N5O3. The van der Waals surface area contributed by atoms with Gasteiger partial charge in [0.1, 0.15) is 5.69 Å². The quantitative estimate of drug-likeness (QED) is 0.540. The zero-order valence-corrected chi connectivity index (χ0v) is 20.2. The summed E-state index contributed by atoms with van der Waals surface area (Å²) < 4.78 is 3.41. The highest BCUT2D eigenvalue weighted by molar-refractivity contribution is 5.67. The molecule has 0 radical (unpaired) electrons. The summed E-state index contributed by atoms with van der Waals surface area (Å²) in [6.07, 6.45) is 8.08. The number of carboxylic acid groups (broad SMARTS) is 1. The number of aliphatic carboxylic acids is 1. The lowest BCUT2D eigenvalue weighted by molar-refractivity contribution is -0.138. The van der Waals surface area contributed by atoms with Crippen LogP contribution in [0.25, 0.3) is 11.4 Å². The summed E-state index contributed by atoms with van der Waals surface area (Å²) in [6.45, 7) is 4.50. The molecule has 0 saturated heterocycles. The second kappa shape index (κ2) is 10.3. The van der Waals surface area contributed by atoms with Gasteiger partial charge >= 0.3 is 5.97 Å². The van der Waals surface area contributed by atoms with Gasteiger partial charge in [-0.15, -0.1) is 5.10 Å². The van der Waals surface area contributed by atoms with Gasteiger partial charge in [0.25, 0.3) is 5.56 Å². The smallest absolute Gasteiger partial charge is 0.303 e. The van der Waals surface area contributed by atoms with Crippen molar-refractivity contribution < 1.29 is 9.90 Å². The van der Waals surface area contributed by atoms with Gasteiger partial charge in [0.05, 0.1) is 17.9 Å². The summed E-state index contributed by atoms with van der Waals surface area (Å²) in [5.41, 5.74) is 5.45. The zero-order chi connectivity index (χ0) is 24.2. The Labute approximate surface area is 199 Å². The number of rotatable bonds is 8. The van der Waals surface area contributed by atoms with Gasteiger partial charge in [-0.2, -0.15) is 0 Å². The largest absolute Gasteiger partial charge is 0.481 e. The van der Waals surface area contributed by atoms with Gasteiger partial charge in [0, 0.05) is 31.4 Å². The van der Waals surface area contributed by atoms with Crippen LogP contribution < -0.4 is 5.56 Å². The van der Waals surface area contributed by atoms with E-state index in [1.54, 1.807) is 15.3 Å². The highest BCUT2D eigenvalue weighted by Crippen LogP contribution is 2.39. The fourth-order valence-corrected chi connectivity index (χ4v) is 5.20. The van der Waals surface area contributed by atoms with Gasteiger partial charge < -0.3 is 9.67 Å². The number of aromatic nitrogens is 5. The first-order valence-electron chi connectivity index (χ1n) is 12.1. The fourth-order valence-electron chi connectivity index (χ4n) is 5.20. The van der Waals surface area contributed by atoms with Crippen molar-refractivity contribution in [3.05, 3.63) is 63.3 Å². The highest BCUT2D eigenvalue weighted by atomic mass is 16.4. The summed E-state index contributed by atoms with van der Waals surface area (Å²) in [6, 6.07) is 7.60. The second-order valence-electron chi connectivity index (χ2n) is 9.46. The molecule has 180 valence electrons. The monoisotopic (exact) mass is 463 g/mol. The molecule has 0 aliphatic heterocycles. The molecule has 8 nitrogen and oxygen atoms in total. The molecule has 4 rings (SSSR count). The molecule has 2 atom stereocenters. The Morgan fingerprint density at radius 2 is 2.03 bits per heavy atom. The van der Waals surface area contributed by atoms with Crippen LogP contribution in [0.15, 0.2) is 35.3 Å². The van der Waals surface area contributed by atoms with Crippen molar-refractivity contribution in [3.8, 4) is 11.4 Å². The normalized spacial score (nSPS) is 18.2. The van der Waals surface area contributed by atoms with Gasteiger partial charge in [0.2, 0.25) is 0 Å². The number of carbonyl (C=O) groups is 1. The molecule has 1 saturated carbocycles. The molecule has 1 aliphatic carbocycles. The third-order valence-corrected chi connectivity index (χ3v) is 6.90. The molecule has 3 aromatic heterocycles. The van der Waals surface area contributed by atoms with Crippen LogP contribution >= 0.6 is 0 Å². The molecule has 1 N–H and O–H groups in total. The van der Waals surface area contributed by atoms with Crippen LogP contribution in [0.5, 0.6) is 0 Å². The van der Waals surface area contributed by atoms with Crippen LogP contribution in [-0.4, -0.2) is 35.6 Å². The lowest BCUT2D eigenvalue weighted by Crippen LogP contribution is -2.21. The zero-order valence-electron chi connectivity index (χ0n) is 20.2. The van der Waals surface area contributed by atoms with E-state index in [1.807, 2.05) is 32.3 Å². The lowest BCUT2D eigenvalue weighted by atomic mass is 9.76. The number of hydrogen-bond acceptors (Lipinski definition) is 5. The summed E-state index contributed by atoms with van der Waals surface area (Å²) >= 11 is 0. The van der Waals surface area contributed by atoms with Crippen molar-refractivity contribution in [3.63, 3.8) is 0 Å². The number of carboxylic acids is 1. The first-order chi connectivity index (χ1) is 16.4. The van der Waals surface area contributed by atoms with Crippen molar-refractivity contribution in [1.29, 1.82) is 0 Å². The predicted octanol–water partition coefficient (Wildman–Crippen LogP) is 4.10. The maximum absolute atomic E-state index is 12.5. The average molecular weight is 464 g/mol. The summed E-state index contributed by atoms with van der Waals surface area (Å²) in [5, 5.41) is 17.8. The minimum Gasteiger partial charge on any atom is -0.481 e. The van der Waals surface area contributed by atoms with E-state index in [1.165, 1.54) is 5.56 Å². The van der Waals surface area contributed by atoms with E-state index in [0.717, 1.165) is 61.2 Å². The van der Waals surface area contributed by atoms with Crippen LogP contribution in [0.3, 0.4) is 0 Å². The third kappa shape index (κ3) is 5.26. The third-order valence-electron chi connectivity index (χ3n) is 6.90.